The molecule has 5 nitrogen and oxygen atoms in total. The third kappa shape index (κ3) is 4.90. The summed E-state index contributed by atoms with van der Waals surface area (Å²) in [7, 11) is -1.10. The summed E-state index contributed by atoms with van der Waals surface area (Å²) in [6.07, 6.45) is 2.78. The lowest BCUT2D eigenvalue weighted by Gasteiger charge is -2.43. The van der Waals surface area contributed by atoms with Crippen molar-refractivity contribution in [1.29, 1.82) is 0 Å². The molecule has 0 aromatic heterocycles. The maximum Gasteiger partial charge on any atom is 0.213 e. The van der Waals surface area contributed by atoms with Crippen molar-refractivity contribution in [3.8, 4) is 0 Å². The Morgan fingerprint density at radius 3 is 2.17 bits per heavy atom. The van der Waals surface area contributed by atoms with E-state index in [0.29, 0.717) is 38.5 Å². The van der Waals surface area contributed by atoms with E-state index in [2.05, 4.69) is 23.6 Å². The highest BCUT2D eigenvalue weighted by molar-refractivity contribution is 7.89. The van der Waals surface area contributed by atoms with Crippen LogP contribution in [0.5, 0.6) is 0 Å². The van der Waals surface area contributed by atoms with Crippen LogP contribution in [-0.2, 0) is 10.0 Å². The van der Waals surface area contributed by atoms with Crippen molar-refractivity contribution >= 4 is 10.0 Å². The topological polar surface area (TPSA) is 43.9 Å². The summed E-state index contributed by atoms with van der Waals surface area (Å²) in [6.45, 7) is 9.25. The lowest BCUT2D eigenvalue weighted by atomic mass is 9.91. The summed E-state index contributed by atoms with van der Waals surface area (Å²) in [4.78, 5) is 4.47. The van der Waals surface area contributed by atoms with Crippen molar-refractivity contribution in [1.82, 2.24) is 14.1 Å². The predicted molar refractivity (Wildman–Crippen MR) is 96.5 cm³/mol. The molecule has 24 heavy (non-hydrogen) atoms. The second kappa shape index (κ2) is 7.98. The summed E-state index contributed by atoms with van der Waals surface area (Å²) >= 11 is 0. The van der Waals surface area contributed by atoms with Crippen molar-refractivity contribution < 1.29 is 12.8 Å². The van der Waals surface area contributed by atoms with Crippen LogP contribution >= 0.6 is 0 Å². The number of piperidine rings is 2. The van der Waals surface area contributed by atoms with Crippen LogP contribution in [-0.4, -0.2) is 85.8 Å². The van der Waals surface area contributed by atoms with E-state index in [-0.39, 0.29) is 11.8 Å². The molecule has 2 saturated heterocycles. The fourth-order valence-electron chi connectivity index (χ4n) is 3.92. The summed E-state index contributed by atoms with van der Waals surface area (Å²) in [5.74, 6) is 0.160. The third-order valence-corrected chi connectivity index (χ3v) is 7.64. The molecule has 2 aliphatic rings. The number of halogens is 1. The highest BCUT2D eigenvalue weighted by Gasteiger charge is 2.38. The van der Waals surface area contributed by atoms with E-state index in [0.717, 1.165) is 25.9 Å². The van der Waals surface area contributed by atoms with Gasteiger partial charge in [-0.2, -0.15) is 0 Å². The first kappa shape index (κ1) is 20.1. The predicted octanol–water partition coefficient (Wildman–Crippen LogP) is 1.94. The Morgan fingerprint density at radius 2 is 1.71 bits per heavy atom. The molecule has 0 spiro atoms. The van der Waals surface area contributed by atoms with Crippen LogP contribution in [0.2, 0.25) is 0 Å². The zero-order valence-corrected chi connectivity index (χ0v) is 16.5. The molecule has 7 heteroatoms. The average Bonchev–Trinajstić information content (AvgIpc) is 2.55. The van der Waals surface area contributed by atoms with Gasteiger partial charge < -0.3 is 9.80 Å². The molecule has 0 N–H and O–H groups in total. The molecule has 0 amide bonds. The lowest BCUT2D eigenvalue weighted by molar-refractivity contribution is 0.00664. The van der Waals surface area contributed by atoms with E-state index >= 15 is 4.39 Å². The van der Waals surface area contributed by atoms with Gasteiger partial charge in [-0.25, -0.2) is 17.1 Å². The van der Waals surface area contributed by atoms with E-state index in [9.17, 15) is 8.42 Å². The van der Waals surface area contributed by atoms with Crippen LogP contribution in [0.4, 0.5) is 4.39 Å². The summed E-state index contributed by atoms with van der Waals surface area (Å²) < 4.78 is 40.6. The molecule has 0 atom stereocenters. The standard InChI is InChI=1S/C17H34FN3O2S/c1-5-24(22,23)21-10-6-16(7-11-21)19(4)14-17(18)8-12-20(13-9-17)15(2)3/h15-16H,5-14H2,1-4H3. The number of alkyl halides is 1. The van der Waals surface area contributed by atoms with Crippen LogP contribution in [0.25, 0.3) is 0 Å². The first-order valence-electron chi connectivity index (χ1n) is 9.28. The van der Waals surface area contributed by atoms with E-state index in [4.69, 9.17) is 0 Å². The number of nitrogens with zero attached hydrogens (tertiary/aromatic N) is 3. The maximum atomic E-state index is 15.2. The molecule has 0 saturated carbocycles. The van der Waals surface area contributed by atoms with Gasteiger partial charge in [0.05, 0.1) is 5.75 Å². The zero-order valence-electron chi connectivity index (χ0n) is 15.7. The fraction of sp³-hybridized carbons (Fsp3) is 1.00. The van der Waals surface area contributed by atoms with Crippen molar-refractivity contribution in [2.45, 2.75) is 64.2 Å². The maximum absolute atomic E-state index is 15.2. The van der Waals surface area contributed by atoms with Gasteiger partial charge in [-0.1, -0.05) is 0 Å². The SMILES string of the molecule is CCS(=O)(=O)N1CCC(N(C)CC2(F)CCN(C(C)C)CC2)CC1. The van der Waals surface area contributed by atoms with Gasteiger partial charge in [0.2, 0.25) is 10.0 Å². The smallest absolute Gasteiger partial charge is 0.213 e. The van der Waals surface area contributed by atoms with Crippen LogP contribution in [0.15, 0.2) is 0 Å². The molecule has 2 fully saturated rings. The highest BCUT2D eigenvalue weighted by Crippen LogP contribution is 2.30. The first-order chi connectivity index (χ1) is 11.2. The van der Waals surface area contributed by atoms with Gasteiger partial charge in [-0.3, -0.25) is 0 Å². The molecule has 0 aromatic rings. The molecule has 0 aromatic carbocycles. The van der Waals surface area contributed by atoms with Crippen molar-refractivity contribution in [3.63, 3.8) is 0 Å². The molecule has 0 aliphatic carbocycles. The fourth-order valence-corrected chi connectivity index (χ4v) is 5.05. The lowest BCUT2D eigenvalue weighted by Crippen LogP contribution is -2.52. The minimum Gasteiger partial charge on any atom is -0.301 e. The molecule has 2 rings (SSSR count). The molecule has 0 unspecified atom stereocenters. The van der Waals surface area contributed by atoms with Gasteiger partial charge in [0.1, 0.15) is 5.67 Å². The zero-order chi connectivity index (χ0) is 18.0. The Bertz CT molecular complexity index is 496. The molecule has 2 heterocycles. The second-order valence-electron chi connectivity index (χ2n) is 7.73. The Hall–Kier alpha value is -0.240. The van der Waals surface area contributed by atoms with Crippen LogP contribution in [0.3, 0.4) is 0 Å². The third-order valence-electron chi connectivity index (χ3n) is 5.76. The first-order valence-corrected chi connectivity index (χ1v) is 10.9. The number of hydrogen-bond donors (Lipinski definition) is 0. The Labute approximate surface area is 147 Å². The van der Waals surface area contributed by atoms with Crippen LogP contribution in [0, 0.1) is 0 Å². The average molecular weight is 364 g/mol. The van der Waals surface area contributed by atoms with Gasteiger partial charge in [0, 0.05) is 44.8 Å². The highest BCUT2D eigenvalue weighted by atomic mass is 32.2. The summed E-state index contributed by atoms with van der Waals surface area (Å²) in [5.41, 5.74) is -1.10. The van der Waals surface area contributed by atoms with Gasteiger partial charge >= 0.3 is 0 Å². The minimum atomic E-state index is -3.09. The number of likely N-dealkylation sites (tertiary alicyclic amines) is 1. The monoisotopic (exact) mass is 363 g/mol. The van der Waals surface area contributed by atoms with Gasteiger partial charge in [0.25, 0.3) is 0 Å². The second-order valence-corrected chi connectivity index (χ2v) is 9.98. The Kier molecular flexibility index (Phi) is 6.67. The van der Waals surface area contributed by atoms with Gasteiger partial charge in [-0.05, 0) is 53.5 Å². The van der Waals surface area contributed by atoms with Crippen molar-refractivity contribution in [3.05, 3.63) is 0 Å². The van der Waals surface area contributed by atoms with Crippen molar-refractivity contribution in [2.75, 3.05) is 45.5 Å². The summed E-state index contributed by atoms with van der Waals surface area (Å²) in [5, 5.41) is 0. The molecule has 0 bridgehead atoms. The van der Waals surface area contributed by atoms with Gasteiger partial charge in [0.15, 0.2) is 0 Å². The van der Waals surface area contributed by atoms with E-state index < -0.39 is 15.7 Å². The normalized spacial score (nSPS) is 24.8. The molecular formula is C17H34FN3O2S. The number of rotatable bonds is 6. The Balaban J connectivity index is 1.82. The van der Waals surface area contributed by atoms with Crippen molar-refractivity contribution in [2.24, 2.45) is 0 Å². The van der Waals surface area contributed by atoms with Gasteiger partial charge in [-0.15, -0.1) is 0 Å². The number of sulfonamides is 1. The van der Waals surface area contributed by atoms with Crippen LogP contribution < -0.4 is 0 Å². The minimum absolute atomic E-state index is 0.160. The van der Waals surface area contributed by atoms with E-state index in [1.54, 1.807) is 11.2 Å². The molecule has 142 valence electrons. The summed E-state index contributed by atoms with van der Waals surface area (Å²) in [6, 6.07) is 0.765. The molecule has 0 radical (unpaired) electrons. The number of hydrogen-bond acceptors (Lipinski definition) is 4. The quantitative estimate of drug-likeness (QED) is 0.723. The molecular weight excluding hydrogens is 329 g/mol. The van der Waals surface area contributed by atoms with Crippen LogP contribution in [0.1, 0.15) is 46.5 Å². The molecule has 2 aliphatic heterocycles. The van der Waals surface area contributed by atoms with E-state index in [1.165, 1.54) is 0 Å². The Morgan fingerprint density at radius 1 is 1.17 bits per heavy atom. The van der Waals surface area contributed by atoms with E-state index in [1.807, 2.05) is 7.05 Å². The largest absolute Gasteiger partial charge is 0.301 e.